The lowest BCUT2D eigenvalue weighted by Crippen LogP contribution is -2.32. The Hall–Kier alpha value is -3.28. The van der Waals surface area contributed by atoms with Gasteiger partial charge in [-0.1, -0.05) is 24.3 Å². The maximum absolute atomic E-state index is 12.9. The van der Waals surface area contributed by atoms with Gasteiger partial charge in [0.2, 0.25) is 0 Å². The molecular weight excluding hydrogens is 642 g/mol. The number of para-hydroxylation sites is 2. The number of esters is 1. The van der Waals surface area contributed by atoms with Crippen molar-refractivity contribution in [3.63, 3.8) is 0 Å². The van der Waals surface area contributed by atoms with Crippen LogP contribution in [0, 0.1) is 0 Å². The van der Waals surface area contributed by atoms with Gasteiger partial charge in [-0.15, -0.1) is 0 Å². The Morgan fingerprint density at radius 2 is 1.61 bits per heavy atom. The Morgan fingerprint density at radius 1 is 0.921 bits per heavy atom. The number of halogens is 2. The molecule has 0 atom stereocenters. The molecule has 0 spiro atoms. The van der Waals surface area contributed by atoms with Crippen LogP contribution < -0.4 is 18.9 Å². The van der Waals surface area contributed by atoms with Crippen LogP contribution in [0.1, 0.15) is 15.9 Å². The highest BCUT2D eigenvalue weighted by molar-refractivity contribution is 9.10. The van der Waals surface area contributed by atoms with Crippen molar-refractivity contribution in [3.8, 4) is 23.0 Å². The molecule has 1 aliphatic rings. The largest absolute Gasteiger partial charge is 0.493 e. The molecule has 0 aliphatic carbocycles. The molecule has 0 unspecified atom stereocenters. The van der Waals surface area contributed by atoms with Gasteiger partial charge in [-0.3, -0.25) is 14.5 Å². The lowest BCUT2D eigenvalue weighted by atomic mass is 10.1. The molecule has 0 saturated carbocycles. The van der Waals surface area contributed by atoms with Crippen LogP contribution in [0.2, 0.25) is 0 Å². The summed E-state index contributed by atoms with van der Waals surface area (Å²) in [5, 5.41) is -0.394. The standard InChI is InChI=1S/C27H21Br2NO7S/c1-34-20-9-5-6-10-21(20)36-12-11-30-25(31)23(38-27(30)33)15-16-13-19(29)24(22(14-16)35-2)37-26(32)17-7-3-4-8-18(17)28/h3-10,13-15H,11-12H2,1-2H3/b23-15-. The molecular formula is C27H21Br2NO7S. The van der Waals surface area contributed by atoms with Gasteiger partial charge < -0.3 is 18.9 Å². The minimum absolute atomic E-state index is 0.0804. The number of hydrogen-bond donors (Lipinski definition) is 0. The van der Waals surface area contributed by atoms with E-state index in [2.05, 4.69) is 31.9 Å². The van der Waals surface area contributed by atoms with Crippen LogP contribution in [-0.2, 0) is 4.79 Å². The average Bonchev–Trinajstić information content (AvgIpc) is 3.17. The summed E-state index contributed by atoms with van der Waals surface area (Å²) in [5.74, 6) is 0.549. The number of rotatable bonds is 9. The third-order valence-electron chi connectivity index (χ3n) is 5.35. The monoisotopic (exact) mass is 661 g/mol. The molecule has 196 valence electrons. The van der Waals surface area contributed by atoms with Gasteiger partial charge in [0.25, 0.3) is 11.1 Å². The van der Waals surface area contributed by atoms with E-state index in [1.54, 1.807) is 60.7 Å². The van der Waals surface area contributed by atoms with Crippen LogP contribution >= 0.6 is 43.6 Å². The minimum Gasteiger partial charge on any atom is -0.493 e. The Bertz CT molecular complexity index is 1430. The van der Waals surface area contributed by atoms with Crippen molar-refractivity contribution in [2.75, 3.05) is 27.4 Å². The molecule has 38 heavy (non-hydrogen) atoms. The quantitative estimate of drug-likeness (QED) is 0.145. The molecule has 0 aromatic heterocycles. The van der Waals surface area contributed by atoms with Gasteiger partial charge in [-0.05, 0) is 91.7 Å². The SMILES string of the molecule is COc1ccccc1OCCN1C(=O)S/C(=C\c2cc(Br)c(OC(=O)c3ccccc3Br)c(OC)c2)C1=O. The van der Waals surface area contributed by atoms with Crippen LogP contribution in [0.25, 0.3) is 6.08 Å². The van der Waals surface area contributed by atoms with Gasteiger partial charge >= 0.3 is 5.97 Å². The second kappa shape index (κ2) is 12.5. The van der Waals surface area contributed by atoms with Crippen molar-refractivity contribution < 1.29 is 33.3 Å². The highest BCUT2D eigenvalue weighted by atomic mass is 79.9. The van der Waals surface area contributed by atoms with Gasteiger partial charge in [-0.2, -0.15) is 0 Å². The molecule has 1 aliphatic heterocycles. The number of hydrogen-bond acceptors (Lipinski definition) is 8. The smallest absolute Gasteiger partial charge is 0.344 e. The molecule has 2 amide bonds. The highest BCUT2D eigenvalue weighted by Gasteiger charge is 2.35. The van der Waals surface area contributed by atoms with Crippen molar-refractivity contribution in [1.82, 2.24) is 4.90 Å². The van der Waals surface area contributed by atoms with E-state index in [9.17, 15) is 14.4 Å². The number of nitrogens with zero attached hydrogens (tertiary/aromatic N) is 1. The molecule has 1 fully saturated rings. The van der Waals surface area contributed by atoms with E-state index in [1.165, 1.54) is 14.2 Å². The van der Waals surface area contributed by atoms with E-state index in [0.717, 1.165) is 16.7 Å². The Labute approximate surface area is 240 Å². The van der Waals surface area contributed by atoms with Gasteiger partial charge in [0.05, 0.1) is 35.7 Å². The van der Waals surface area contributed by atoms with Crippen LogP contribution in [0.3, 0.4) is 0 Å². The van der Waals surface area contributed by atoms with Crippen LogP contribution in [-0.4, -0.2) is 49.4 Å². The number of carbonyl (C=O) groups excluding carboxylic acids is 3. The summed E-state index contributed by atoms with van der Waals surface area (Å²) in [6.07, 6.45) is 1.58. The zero-order valence-corrected chi connectivity index (χ0v) is 24.2. The second-order valence-corrected chi connectivity index (χ2v) is 10.4. The fourth-order valence-electron chi connectivity index (χ4n) is 3.53. The molecule has 4 rings (SSSR count). The predicted octanol–water partition coefficient (Wildman–Crippen LogP) is 6.56. The van der Waals surface area contributed by atoms with Crippen molar-refractivity contribution in [2.24, 2.45) is 0 Å². The number of amides is 2. The molecule has 8 nitrogen and oxygen atoms in total. The van der Waals surface area contributed by atoms with Gasteiger partial charge in [0, 0.05) is 4.47 Å². The molecule has 3 aromatic carbocycles. The minimum atomic E-state index is -0.569. The number of imide groups is 1. The number of methoxy groups -OCH3 is 2. The van der Waals surface area contributed by atoms with Gasteiger partial charge in [0.15, 0.2) is 23.0 Å². The third-order valence-corrected chi connectivity index (χ3v) is 7.54. The maximum Gasteiger partial charge on any atom is 0.344 e. The number of carbonyl (C=O) groups is 3. The van der Waals surface area contributed by atoms with E-state index in [-0.39, 0.29) is 29.6 Å². The lowest BCUT2D eigenvalue weighted by molar-refractivity contribution is -0.123. The van der Waals surface area contributed by atoms with E-state index < -0.39 is 17.1 Å². The van der Waals surface area contributed by atoms with E-state index in [4.69, 9.17) is 18.9 Å². The van der Waals surface area contributed by atoms with Gasteiger partial charge in [-0.25, -0.2) is 4.79 Å². The van der Waals surface area contributed by atoms with Crippen molar-refractivity contribution in [2.45, 2.75) is 0 Å². The maximum atomic E-state index is 12.9. The molecule has 0 bridgehead atoms. The molecule has 0 radical (unpaired) electrons. The first-order valence-electron chi connectivity index (χ1n) is 11.2. The van der Waals surface area contributed by atoms with E-state index >= 15 is 0 Å². The van der Waals surface area contributed by atoms with E-state index in [0.29, 0.717) is 31.6 Å². The Morgan fingerprint density at radius 3 is 2.32 bits per heavy atom. The number of benzene rings is 3. The summed E-state index contributed by atoms with van der Waals surface area (Å²) in [6, 6.07) is 17.3. The van der Waals surface area contributed by atoms with Crippen LogP contribution in [0.5, 0.6) is 23.0 Å². The summed E-state index contributed by atoms with van der Waals surface area (Å²) < 4.78 is 23.0. The number of thioether (sulfide) groups is 1. The molecule has 3 aromatic rings. The zero-order chi connectivity index (χ0) is 27.2. The molecule has 1 saturated heterocycles. The normalized spacial score (nSPS) is 14.1. The van der Waals surface area contributed by atoms with Crippen LogP contribution in [0.15, 0.2) is 74.5 Å². The average molecular weight is 663 g/mol. The molecule has 0 N–H and O–H groups in total. The fourth-order valence-corrected chi connectivity index (χ4v) is 5.38. The first kappa shape index (κ1) is 27.7. The summed E-state index contributed by atoms with van der Waals surface area (Å²) in [7, 11) is 2.98. The fraction of sp³-hybridized carbons (Fsp3) is 0.148. The van der Waals surface area contributed by atoms with Crippen LogP contribution in [0.4, 0.5) is 4.79 Å². The first-order chi connectivity index (χ1) is 18.3. The van der Waals surface area contributed by atoms with Crippen molar-refractivity contribution in [3.05, 3.63) is 85.6 Å². The summed E-state index contributed by atoms with van der Waals surface area (Å²) in [6.45, 7) is 0.194. The zero-order valence-electron chi connectivity index (χ0n) is 20.2. The first-order valence-corrected chi connectivity index (χ1v) is 13.6. The van der Waals surface area contributed by atoms with Crippen molar-refractivity contribution in [1.29, 1.82) is 0 Å². The summed E-state index contributed by atoms with van der Waals surface area (Å²) in [5.41, 5.74) is 0.930. The van der Waals surface area contributed by atoms with Gasteiger partial charge in [0.1, 0.15) is 6.61 Å². The lowest BCUT2D eigenvalue weighted by Gasteiger charge is -2.14. The third kappa shape index (κ3) is 6.23. The summed E-state index contributed by atoms with van der Waals surface area (Å²) >= 11 is 7.60. The van der Waals surface area contributed by atoms with Crippen molar-refractivity contribution >= 4 is 66.8 Å². The molecule has 11 heteroatoms. The summed E-state index contributed by atoms with van der Waals surface area (Å²) in [4.78, 5) is 39.6. The molecule has 1 heterocycles. The Kier molecular flexibility index (Phi) is 9.13. The predicted molar refractivity (Wildman–Crippen MR) is 151 cm³/mol. The Balaban J connectivity index is 1.48. The number of ether oxygens (including phenoxy) is 4. The highest BCUT2D eigenvalue weighted by Crippen LogP contribution is 2.40. The van der Waals surface area contributed by atoms with E-state index in [1.807, 2.05) is 6.07 Å². The topological polar surface area (TPSA) is 91.4 Å². The second-order valence-electron chi connectivity index (χ2n) is 7.74.